The third-order valence-electron chi connectivity index (χ3n) is 6.27. The van der Waals surface area contributed by atoms with Crippen LogP contribution in [0.25, 0.3) is 11.3 Å². The maximum absolute atomic E-state index is 12.6. The van der Waals surface area contributed by atoms with Crippen LogP contribution in [-0.4, -0.2) is 35.8 Å². The average molecular weight is 486 g/mol. The maximum Gasteiger partial charge on any atom is 0.311 e. The number of benzene rings is 1. The van der Waals surface area contributed by atoms with E-state index in [2.05, 4.69) is 43.0 Å². The SMILES string of the molecule is CN=C/C(=C(/OCOC(=O)C1CCCCC1)c1c(Cl)c(C)nn1C)c1ccc(C(C)(C)C)cc1. The van der Waals surface area contributed by atoms with E-state index in [1.165, 1.54) is 12.0 Å². The van der Waals surface area contributed by atoms with Gasteiger partial charge in [-0.2, -0.15) is 5.10 Å². The second kappa shape index (κ2) is 11.2. The molecule has 34 heavy (non-hydrogen) atoms. The molecule has 1 aromatic heterocycles. The molecule has 3 rings (SSSR count). The zero-order chi connectivity index (χ0) is 24.9. The molecule has 6 nitrogen and oxygen atoms in total. The third kappa shape index (κ3) is 6.09. The average Bonchev–Trinajstić information content (AvgIpc) is 3.06. The van der Waals surface area contributed by atoms with Crippen LogP contribution < -0.4 is 0 Å². The predicted molar refractivity (Wildman–Crippen MR) is 138 cm³/mol. The molecule has 0 aliphatic heterocycles. The summed E-state index contributed by atoms with van der Waals surface area (Å²) in [7, 11) is 3.52. The number of ether oxygens (including phenoxy) is 2. The van der Waals surface area contributed by atoms with Gasteiger partial charge in [0.2, 0.25) is 6.79 Å². The van der Waals surface area contributed by atoms with Crippen molar-refractivity contribution < 1.29 is 14.3 Å². The Kier molecular flexibility index (Phi) is 8.58. The summed E-state index contributed by atoms with van der Waals surface area (Å²) in [6.45, 7) is 8.18. The molecule has 184 valence electrons. The molecule has 0 bridgehead atoms. The fourth-order valence-electron chi connectivity index (χ4n) is 4.30. The molecule has 0 saturated heterocycles. The highest BCUT2D eigenvalue weighted by atomic mass is 35.5. The Morgan fingerprint density at radius 3 is 2.35 bits per heavy atom. The Balaban J connectivity index is 1.98. The number of hydrogen-bond acceptors (Lipinski definition) is 5. The summed E-state index contributed by atoms with van der Waals surface area (Å²) in [5, 5.41) is 4.94. The van der Waals surface area contributed by atoms with E-state index in [1.807, 2.05) is 26.1 Å². The molecular formula is C27H36ClN3O3. The fraction of sp³-hybridized carbons (Fsp3) is 0.519. The molecule has 0 radical (unpaired) electrons. The molecule has 1 aliphatic rings. The lowest BCUT2D eigenvalue weighted by Gasteiger charge is -2.21. The van der Waals surface area contributed by atoms with Crippen molar-refractivity contribution in [2.24, 2.45) is 18.0 Å². The Morgan fingerprint density at radius 1 is 1.18 bits per heavy atom. The normalized spacial score (nSPS) is 16.0. The minimum atomic E-state index is -0.202. The number of aryl methyl sites for hydroxylation is 2. The zero-order valence-corrected chi connectivity index (χ0v) is 21.9. The van der Waals surface area contributed by atoms with Crippen molar-refractivity contribution in [2.75, 3.05) is 13.8 Å². The van der Waals surface area contributed by atoms with E-state index in [1.54, 1.807) is 17.9 Å². The number of allylic oxidation sites excluding steroid dienone is 1. The lowest BCUT2D eigenvalue weighted by molar-refractivity contribution is -0.157. The van der Waals surface area contributed by atoms with Gasteiger partial charge >= 0.3 is 5.97 Å². The summed E-state index contributed by atoms with van der Waals surface area (Å²) < 4.78 is 13.4. The summed E-state index contributed by atoms with van der Waals surface area (Å²) in [5.74, 6) is 0.221. The minimum absolute atomic E-state index is 0.0381. The number of rotatable bonds is 7. The van der Waals surface area contributed by atoms with E-state index in [-0.39, 0.29) is 24.1 Å². The number of carbonyl (C=O) groups is 1. The van der Waals surface area contributed by atoms with Crippen molar-refractivity contribution in [1.29, 1.82) is 0 Å². The number of nitrogens with zero attached hydrogens (tertiary/aromatic N) is 3. The van der Waals surface area contributed by atoms with Crippen LogP contribution in [-0.2, 0) is 26.7 Å². The summed E-state index contributed by atoms with van der Waals surface area (Å²) in [6, 6.07) is 8.31. The van der Waals surface area contributed by atoms with Crippen molar-refractivity contribution in [2.45, 2.75) is 65.2 Å². The first-order chi connectivity index (χ1) is 16.1. The number of esters is 1. The molecule has 1 heterocycles. The van der Waals surface area contributed by atoms with Crippen LogP contribution in [0.15, 0.2) is 29.3 Å². The van der Waals surface area contributed by atoms with Crippen molar-refractivity contribution in [3.05, 3.63) is 51.8 Å². The van der Waals surface area contributed by atoms with Crippen LogP contribution in [0.4, 0.5) is 0 Å². The van der Waals surface area contributed by atoms with Crippen LogP contribution in [0.3, 0.4) is 0 Å². The van der Waals surface area contributed by atoms with Gasteiger partial charge in [-0.3, -0.25) is 14.5 Å². The van der Waals surface area contributed by atoms with Gasteiger partial charge in [-0.05, 0) is 36.3 Å². The lowest BCUT2D eigenvalue weighted by Crippen LogP contribution is -2.21. The van der Waals surface area contributed by atoms with Crippen molar-refractivity contribution in [3.8, 4) is 0 Å². The highest BCUT2D eigenvalue weighted by Gasteiger charge is 2.25. The molecule has 2 aromatic rings. The topological polar surface area (TPSA) is 65.7 Å². The largest absolute Gasteiger partial charge is 0.454 e. The molecule has 0 unspecified atom stereocenters. The van der Waals surface area contributed by atoms with Crippen molar-refractivity contribution >= 4 is 35.1 Å². The lowest BCUT2D eigenvalue weighted by atomic mass is 9.86. The molecular weight excluding hydrogens is 450 g/mol. The van der Waals surface area contributed by atoms with Crippen molar-refractivity contribution in [3.63, 3.8) is 0 Å². The molecule has 0 amide bonds. The van der Waals surface area contributed by atoms with Gasteiger partial charge in [0.1, 0.15) is 5.69 Å². The second-order valence-electron chi connectivity index (χ2n) is 9.89. The van der Waals surface area contributed by atoms with Crippen LogP contribution >= 0.6 is 11.6 Å². The Bertz CT molecular complexity index is 1060. The molecule has 1 aliphatic carbocycles. The monoisotopic (exact) mass is 485 g/mol. The van der Waals surface area contributed by atoms with Gasteiger partial charge in [0, 0.05) is 25.9 Å². The Labute approximate surface area is 208 Å². The highest BCUT2D eigenvalue weighted by Crippen LogP contribution is 2.34. The molecule has 0 N–H and O–H groups in total. The Morgan fingerprint density at radius 2 is 1.82 bits per heavy atom. The summed E-state index contributed by atoms with van der Waals surface area (Å²) in [4.78, 5) is 16.8. The molecule has 1 aromatic carbocycles. The number of hydrogen-bond donors (Lipinski definition) is 0. The maximum atomic E-state index is 12.6. The van der Waals surface area contributed by atoms with Crippen LogP contribution in [0.1, 0.15) is 75.4 Å². The van der Waals surface area contributed by atoms with E-state index < -0.39 is 0 Å². The van der Waals surface area contributed by atoms with E-state index in [9.17, 15) is 4.79 Å². The van der Waals surface area contributed by atoms with Gasteiger partial charge in [-0.25, -0.2) is 0 Å². The predicted octanol–water partition coefficient (Wildman–Crippen LogP) is 6.35. The second-order valence-corrected chi connectivity index (χ2v) is 10.3. The summed E-state index contributed by atoms with van der Waals surface area (Å²) in [6.07, 6.45) is 6.81. The summed E-state index contributed by atoms with van der Waals surface area (Å²) in [5.41, 5.74) is 4.22. The first kappa shape index (κ1) is 26.0. The molecule has 0 spiro atoms. The number of aromatic nitrogens is 2. The van der Waals surface area contributed by atoms with Gasteiger partial charge in [0.15, 0.2) is 5.76 Å². The summed E-state index contributed by atoms with van der Waals surface area (Å²) >= 11 is 6.64. The van der Waals surface area contributed by atoms with E-state index in [0.29, 0.717) is 22.2 Å². The first-order valence-electron chi connectivity index (χ1n) is 11.9. The van der Waals surface area contributed by atoms with E-state index in [0.717, 1.165) is 36.8 Å². The standard InChI is InChI=1S/C27H36ClN3O3/c1-18-23(28)24(31(6)30-18)25(33-17-34-26(32)20-10-8-7-9-11-20)22(16-29-5)19-12-14-21(15-13-19)27(2,3)4/h12-16,20H,7-11,17H2,1-6H3/b25-22-,29-16?. The first-order valence-corrected chi connectivity index (χ1v) is 12.3. The van der Waals surface area contributed by atoms with Crippen LogP contribution in [0.5, 0.6) is 0 Å². The quantitative estimate of drug-likeness (QED) is 0.198. The smallest absolute Gasteiger partial charge is 0.311 e. The van der Waals surface area contributed by atoms with E-state index in [4.69, 9.17) is 21.1 Å². The fourth-order valence-corrected chi connectivity index (χ4v) is 4.54. The van der Waals surface area contributed by atoms with Crippen LogP contribution in [0, 0.1) is 12.8 Å². The number of halogens is 1. The van der Waals surface area contributed by atoms with Gasteiger partial charge in [0.05, 0.1) is 16.6 Å². The Hall–Kier alpha value is -2.60. The third-order valence-corrected chi connectivity index (χ3v) is 6.72. The molecule has 7 heteroatoms. The highest BCUT2D eigenvalue weighted by molar-refractivity contribution is 6.33. The van der Waals surface area contributed by atoms with Gasteiger partial charge in [-0.15, -0.1) is 0 Å². The van der Waals surface area contributed by atoms with Gasteiger partial charge in [0.25, 0.3) is 0 Å². The van der Waals surface area contributed by atoms with Gasteiger partial charge in [-0.1, -0.05) is 75.9 Å². The minimum Gasteiger partial charge on any atom is -0.454 e. The van der Waals surface area contributed by atoms with Gasteiger partial charge < -0.3 is 9.47 Å². The molecule has 0 atom stereocenters. The molecule has 1 saturated carbocycles. The van der Waals surface area contributed by atoms with Crippen molar-refractivity contribution in [1.82, 2.24) is 9.78 Å². The zero-order valence-electron chi connectivity index (χ0n) is 21.2. The van der Waals surface area contributed by atoms with Crippen LogP contribution in [0.2, 0.25) is 5.02 Å². The number of carbonyl (C=O) groups excluding carboxylic acids is 1. The molecule has 1 fully saturated rings. The number of aliphatic imine (C=N–C) groups is 1. The van der Waals surface area contributed by atoms with E-state index >= 15 is 0 Å².